The van der Waals surface area contributed by atoms with Gasteiger partial charge in [-0.1, -0.05) is 41.9 Å². The summed E-state index contributed by atoms with van der Waals surface area (Å²) in [5, 5.41) is 3.87. The average Bonchev–Trinajstić information content (AvgIpc) is 2.48. The van der Waals surface area contributed by atoms with Gasteiger partial charge in [0.15, 0.2) is 0 Å². The molecule has 2 nitrogen and oxygen atoms in total. The molecule has 1 unspecified atom stereocenters. The quantitative estimate of drug-likeness (QED) is 0.908. The molecule has 0 aromatic heterocycles. The number of piperazine rings is 1. The van der Waals surface area contributed by atoms with Crippen molar-refractivity contribution in [3.05, 3.63) is 64.9 Å². The third-order valence-electron chi connectivity index (χ3n) is 3.65. The third-order valence-corrected chi connectivity index (χ3v) is 3.95. The maximum atomic E-state index is 13.2. The van der Waals surface area contributed by atoms with Crippen LogP contribution in [0.4, 0.5) is 10.1 Å². The van der Waals surface area contributed by atoms with Crippen molar-refractivity contribution in [2.24, 2.45) is 0 Å². The summed E-state index contributed by atoms with van der Waals surface area (Å²) in [4.78, 5) is 2.24. The lowest BCUT2D eigenvalue weighted by Crippen LogP contribution is -2.46. The number of halogens is 2. The minimum absolute atomic E-state index is 0.216. The number of hydrogen-bond acceptors (Lipinski definition) is 2. The maximum absolute atomic E-state index is 13.2. The van der Waals surface area contributed by atoms with Gasteiger partial charge in [0.25, 0.3) is 0 Å². The number of benzene rings is 2. The van der Waals surface area contributed by atoms with Crippen LogP contribution in [0.3, 0.4) is 0 Å². The molecule has 1 fully saturated rings. The molecule has 104 valence electrons. The van der Waals surface area contributed by atoms with Crippen LogP contribution in [0.1, 0.15) is 11.6 Å². The van der Waals surface area contributed by atoms with Crippen LogP contribution >= 0.6 is 11.6 Å². The van der Waals surface area contributed by atoms with Crippen molar-refractivity contribution in [1.29, 1.82) is 0 Å². The molecule has 2 aromatic carbocycles. The van der Waals surface area contributed by atoms with Crippen LogP contribution in [0.25, 0.3) is 0 Å². The standard InChI is InChI=1S/C16H16ClFN2/c17-14-10-13(18)6-7-15(14)20-9-8-19-11-16(20)12-4-2-1-3-5-12/h1-7,10,16,19H,8-9,11H2. The topological polar surface area (TPSA) is 15.3 Å². The van der Waals surface area contributed by atoms with E-state index < -0.39 is 0 Å². The highest BCUT2D eigenvalue weighted by molar-refractivity contribution is 6.33. The van der Waals surface area contributed by atoms with Gasteiger partial charge in [-0.05, 0) is 23.8 Å². The lowest BCUT2D eigenvalue weighted by molar-refractivity contribution is 0.489. The second-order valence-corrected chi connectivity index (χ2v) is 5.33. The first-order valence-electron chi connectivity index (χ1n) is 6.73. The van der Waals surface area contributed by atoms with Crippen molar-refractivity contribution in [2.75, 3.05) is 24.5 Å². The van der Waals surface area contributed by atoms with Gasteiger partial charge in [0, 0.05) is 19.6 Å². The Morgan fingerprint density at radius 3 is 2.70 bits per heavy atom. The van der Waals surface area contributed by atoms with E-state index in [9.17, 15) is 4.39 Å². The van der Waals surface area contributed by atoms with Crippen LogP contribution in [0.15, 0.2) is 48.5 Å². The summed E-state index contributed by atoms with van der Waals surface area (Å²) in [6.45, 7) is 2.61. The predicted octanol–water partition coefficient (Wildman–Crippen LogP) is 3.63. The normalized spacial score (nSPS) is 19.1. The van der Waals surface area contributed by atoms with Crippen LogP contribution in [0, 0.1) is 5.82 Å². The maximum Gasteiger partial charge on any atom is 0.124 e. The highest BCUT2D eigenvalue weighted by Crippen LogP contribution is 2.33. The molecule has 1 aliphatic rings. The highest BCUT2D eigenvalue weighted by atomic mass is 35.5. The van der Waals surface area contributed by atoms with Crippen LogP contribution in [0.5, 0.6) is 0 Å². The zero-order valence-electron chi connectivity index (χ0n) is 11.0. The Balaban J connectivity index is 1.97. The van der Waals surface area contributed by atoms with Gasteiger partial charge in [-0.3, -0.25) is 0 Å². The van der Waals surface area contributed by atoms with Crippen molar-refractivity contribution in [3.8, 4) is 0 Å². The molecule has 4 heteroatoms. The van der Waals surface area contributed by atoms with E-state index in [0.29, 0.717) is 5.02 Å². The monoisotopic (exact) mass is 290 g/mol. The van der Waals surface area contributed by atoms with Crippen molar-refractivity contribution < 1.29 is 4.39 Å². The smallest absolute Gasteiger partial charge is 0.124 e. The van der Waals surface area contributed by atoms with Crippen LogP contribution in [-0.2, 0) is 0 Å². The van der Waals surface area contributed by atoms with Gasteiger partial charge in [0.2, 0.25) is 0 Å². The molecular formula is C16H16ClFN2. The van der Waals surface area contributed by atoms with E-state index in [1.165, 1.54) is 17.7 Å². The molecule has 0 saturated carbocycles. The largest absolute Gasteiger partial charge is 0.361 e. The molecule has 0 spiro atoms. The molecule has 1 N–H and O–H groups in total. The molecule has 1 saturated heterocycles. The Morgan fingerprint density at radius 1 is 1.15 bits per heavy atom. The Bertz CT molecular complexity index is 588. The van der Waals surface area contributed by atoms with Gasteiger partial charge >= 0.3 is 0 Å². The first-order valence-corrected chi connectivity index (χ1v) is 7.11. The van der Waals surface area contributed by atoms with Gasteiger partial charge in [-0.25, -0.2) is 4.39 Å². The molecule has 2 aromatic rings. The molecule has 1 heterocycles. The van der Waals surface area contributed by atoms with E-state index in [0.717, 1.165) is 25.3 Å². The molecular weight excluding hydrogens is 275 g/mol. The van der Waals surface area contributed by atoms with Crippen molar-refractivity contribution >= 4 is 17.3 Å². The molecule has 0 aliphatic carbocycles. The van der Waals surface area contributed by atoms with Gasteiger partial charge in [-0.2, -0.15) is 0 Å². The van der Waals surface area contributed by atoms with Crippen LogP contribution in [0.2, 0.25) is 5.02 Å². The minimum Gasteiger partial charge on any atom is -0.361 e. The number of rotatable bonds is 2. The van der Waals surface area contributed by atoms with E-state index in [2.05, 4.69) is 22.3 Å². The SMILES string of the molecule is Fc1ccc(N2CCNCC2c2ccccc2)c(Cl)c1. The van der Waals surface area contributed by atoms with Gasteiger partial charge in [0.1, 0.15) is 5.82 Å². The number of hydrogen-bond donors (Lipinski definition) is 1. The number of nitrogens with zero attached hydrogens (tertiary/aromatic N) is 1. The summed E-state index contributed by atoms with van der Waals surface area (Å²) in [5.41, 5.74) is 2.13. The zero-order chi connectivity index (χ0) is 13.9. The van der Waals surface area contributed by atoms with Crippen molar-refractivity contribution in [1.82, 2.24) is 5.32 Å². The third kappa shape index (κ3) is 2.65. The molecule has 0 amide bonds. The van der Waals surface area contributed by atoms with Crippen LogP contribution in [-0.4, -0.2) is 19.6 Å². The lowest BCUT2D eigenvalue weighted by Gasteiger charge is -2.38. The summed E-state index contributed by atoms with van der Waals surface area (Å²) in [7, 11) is 0. The molecule has 3 rings (SSSR count). The first-order chi connectivity index (χ1) is 9.75. The Hall–Kier alpha value is -1.58. The second-order valence-electron chi connectivity index (χ2n) is 4.92. The fourth-order valence-electron chi connectivity index (χ4n) is 2.68. The molecule has 1 aliphatic heterocycles. The average molecular weight is 291 g/mol. The molecule has 0 radical (unpaired) electrons. The van der Waals surface area contributed by atoms with E-state index >= 15 is 0 Å². The summed E-state index contributed by atoms with van der Waals surface area (Å²) >= 11 is 6.21. The molecule has 0 bridgehead atoms. The Kier molecular flexibility index (Phi) is 3.90. The first kappa shape index (κ1) is 13.4. The predicted molar refractivity (Wildman–Crippen MR) is 80.8 cm³/mol. The molecule has 1 atom stereocenters. The summed E-state index contributed by atoms with van der Waals surface area (Å²) in [5.74, 6) is -0.301. The van der Waals surface area contributed by atoms with E-state index in [-0.39, 0.29) is 11.9 Å². The second kappa shape index (κ2) is 5.81. The fraction of sp³-hybridized carbons (Fsp3) is 0.250. The van der Waals surface area contributed by atoms with Crippen LogP contribution < -0.4 is 10.2 Å². The van der Waals surface area contributed by atoms with Gasteiger partial charge < -0.3 is 10.2 Å². The van der Waals surface area contributed by atoms with Crippen molar-refractivity contribution in [2.45, 2.75) is 6.04 Å². The van der Waals surface area contributed by atoms with Gasteiger partial charge in [0.05, 0.1) is 16.8 Å². The lowest BCUT2D eigenvalue weighted by atomic mass is 10.0. The Morgan fingerprint density at radius 2 is 1.95 bits per heavy atom. The summed E-state index contributed by atoms with van der Waals surface area (Å²) in [6.07, 6.45) is 0. The van der Waals surface area contributed by atoms with Crippen molar-refractivity contribution in [3.63, 3.8) is 0 Å². The van der Waals surface area contributed by atoms with E-state index in [4.69, 9.17) is 11.6 Å². The minimum atomic E-state index is -0.301. The van der Waals surface area contributed by atoms with E-state index in [1.54, 1.807) is 6.07 Å². The number of nitrogens with one attached hydrogen (secondary N) is 1. The summed E-state index contributed by atoms with van der Waals surface area (Å²) < 4.78 is 13.2. The van der Waals surface area contributed by atoms with Gasteiger partial charge in [-0.15, -0.1) is 0 Å². The summed E-state index contributed by atoms with van der Waals surface area (Å²) in [6, 6.07) is 15.1. The fourth-order valence-corrected chi connectivity index (χ4v) is 2.96. The van der Waals surface area contributed by atoms with E-state index in [1.807, 2.05) is 18.2 Å². The number of anilines is 1. The highest BCUT2D eigenvalue weighted by Gasteiger charge is 2.25. The zero-order valence-corrected chi connectivity index (χ0v) is 11.8. The Labute approximate surface area is 123 Å². The molecule has 20 heavy (non-hydrogen) atoms.